The van der Waals surface area contributed by atoms with Gasteiger partial charge in [0.1, 0.15) is 5.82 Å². The Bertz CT molecular complexity index is 818. The predicted molar refractivity (Wildman–Crippen MR) is 89.1 cm³/mol. The molecule has 0 saturated heterocycles. The van der Waals surface area contributed by atoms with Crippen LogP contribution in [0, 0.1) is 0 Å². The van der Waals surface area contributed by atoms with E-state index in [-0.39, 0.29) is 29.6 Å². The molecule has 1 heterocycles. The van der Waals surface area contributed by atoms with Crippen LogP contribution in [0.15, 0.2) is 53.6 Å². The number of carbonyl (C=O) groups is 2. The van der Waals surface area contributed by atoms with Crippen molar-refractivity contribution in [3.63, 3.8) is 0 Å². The van der Waals surface area contributed by atoms with Crippen molar-refractivity contribution in [3.05, 3.63) is 54.2 Å². The molecule has 0 fully saturated rings. The summed E-state index contributed by atoms with van der Waals surface area (Å²) in [6.07, 6.45) is 1.52. The lowest BCUT2D eigenvalue weighted by molar-refractivity contribution is -0.116. The van der Waals surface area contributed by atoms with Crippen molar-refractivity contribution in [2.45, 2.75) is 18.2 Å². The molecule has 2 aromatic rings. The fourth-order valence-electron chi connectivity index (χ4n) is 1.89. The maximum Gasteiger partial charge on any atom is 0.240 e. The zero-order chi connectivity index (χ0) is 17.6. The van der Waals surface area contributed by atoms with E-state index in [2.05, 4.69) is 15.0 Å². The van der Waals surface area contributed by atoms with Crippen molar-refractivity contribution >= 4 is 27.5 Å². The minimum Gasteiger partial charge on any atom is -0.311 e. The smallest absolute Gasteiger partial charge is 0.240 e. The highest BCUT2D eigenvalue weighted by Crippen LogP contribution is 2.11. The molecule has 2 rings (SSSR count). The third kappa shape index (κ3) is 4.97. The van der Waals surface area contributed by atoms with Crippen LogP contribution < -0.4 is 10.0 Å². The topological polar surface area (TPSA) is 105 Å². The molecule has 0 aliphatic rings. The lowest BCUT2D eigenvalue weighted by Gasteiger charge is -2.07. The van der Waals surface area contributed by atoms with Crippen molar-refractivity contribution < 1.29 is 18.0 Å². The van der Waals surface area contributed by atoms with Crippen molar-refractivity contribution in [3.8, 4) is 0 Å². The standard InChI is InChI=1S/C16H17N3O4S/c1-12(20)13-5-7-14(8-6-13)24(22,23)18-11-9-16(21)19-15-4-2-3-10-17-15/h2-8,10,18H,9,11H2,1H3,(H,17,19,21). The van der Waals surface area contributed by atoms with Gasteiger partial charge in [0.05, 0.1) is 4.90 Å². The average molecular weight is 347 g/mol. The van der Waals surface area contributed by atoms with Gasteiger partial charge in [0, 0.05) is 24.7 Å². The molecule has 0 spiro atoms. The molecule has 1 aromatic carbocycles. The van der Waals surface area contributed by atoms with Crippen molar-refractivity contribution in [2.75, 3.05) is 11.9 Å². The van der Waals surface area contributed by atoms with E-state index < -0.39 is 10.0 Å². The van der Waals surface area contributed by atoms with Crippen molar-refractivity contribution in [1.82, 2.24) is 9.71 Å². The van der Waals surface area contributed by atoms with Gasteiger partial charge in [-0.2, -0.15) is 0 Å². The van der Waals surface area contributed by atoms with Crippen LogP contribution in [0.5, 0.6) is 0 Å². The van der Waals surface area contributed by atoms with E-state index in [1.54, 1.807) is 24.4 Å². The van der Waals surface area contributed by atoms with Gasteiger partial charge >= 0.3 is 0 Å². The van der Waals surface area contributed by atoms with Crippen LogP contribution in [0.2, 0.25) is 0 Å². The number of carbonyl (C=O) groups excluding carboxylic acids is 2. The first-order valence-corrected chi connectivity index (χ1v) is 8.68. The van der Waals surface area contributed by atoms with Crippen LogP contribution in [-0.4, -0.2) is 31.6 Å². The van der Waals surface area contributed by atoms with Gasteiger partial charge in [0.15, 0.2) is 5.78 Å². The highest BCUT2D eigenvalue weighted by Gasteiger charge is 2.14. The van der Waals surface area contributed by atoms with E-state index in [9.17, 15) is 18.0 Å². The largest absolute Gasteiger partial charge is 0.311 e. The first kappa shape index (κ1) is 17.8. The summed E-state index contributed by atoms with van der Waals surface area (Å²) in [4.78, 5) is 26.9. The number of nitrogens with zero attached hydrogens (tertiary/aromatic N) is 1. The summed E-state index contributed by atoms with van der Waals surface area (Å²) in [5.74, 6) is -0.0772. The zero-order valence-electron chi connectivity index (χ0n) is 13.0. The minimum atomic E-state index is -3.73. The maximum absolute atomic E-state index is 12.1. The zero-order valence-corrected chi connectivity index (χ0v) is 13.8. The van der Waals surface area contributed by atoms with E-state index in [0.29, 0.717) is 11.4 Å². The Kier molecular flexibility index (Phi) is 5.78. The van der Waals surface area contributed by atoms with E-state index >= 15 is 0 Å². The fraction of sp³-hybridized carbons (Fsp3) is 0.188. The van der Waals surface area contributed by atoms with Crippen LogP contribution in [0.1, 0.15) is 23.7 Å². The fourth-order valence-corrected chi connectivity index (χ4v) is 2.92. The molecular weight excluding hydrogens is 330 g/mol. The molecule has 0 aliphatic carbocycles. The number of pyridine rings is 1. The third-order valence-corrected chi connectivity index (χ3v) is 4.62. The number of aromatic nitrogens is 1. The number of amides is 1. The van der Waals surface area contributed by atoms with Gasteiger partial charge in [-0.25, -0.2) is 18.1 Å². The molecule has 8 heteroatoms. The Morgan fingerprint density at radius 3 is 2.38 bits per heavy atom. The first-order valence-electron chi connectivity index (χ1n) is 7.20. The predicted octanol–water partition coefficient (Wildman–Crippen LogP) is 1.59. The second-order valence-corrected chi connectivity index (χ2v) is 6.76. The number of nitrogens with one attached hydrogen (secondary N) is 2. The Morgan fingerprint density at radius 2 is 1.79 bits per heavy atom. The molecule has 1 aromatic heterocycles. The molecule has 0 radical (unpaired) electrons. The molecule has 0 unspecified atom stereocenters. The summed E-state index contributed by atoms with van der Waals surface area (Å²) in [6, 6.07) is 10.7. The number of hydrogen-bond acceptors (Lipinski definition) is 5. The van der Waals surface area contributed by atoms with Crippen LogP contribution in [0.4, 0.5) is 5.82 Å². The first-order chi connectivity index (χ1) is 11.4. The number of sulfonamides is 1. The quantitative estimate of drug-likeness (QED) is 0.740. The van der Waals surface area contributed by atoms with Gasteiger partial charge in [0.2, 0.25) is 15.9 Å². The number of anilines is 1. The number of Topliss-reactive ketones (excluding diaryl/α,β-unsaturated/α-hetero) is 1. The molecule has 0 bridgehead atoms. The van der Waals surface area contributed by atoms with Crippen LogP contribution >= 0.6 is 0 Å². The van der Waals surface area contributed by atoms with Crippen molar-refractivity contribution in [2.24, 2.45) is 0 Å². The van der Waals surface area contributed by atoms with Crippen LogP contribution in [-0.2, 0) is 14.8 Å². The van der Waals surface area contributed by atoms with Gasteiger partial charge in [-0.15, -0.1) is 0 Å². The second kappa shape index (κ2) is 7.80. The Hall–Kier alpha value is -2.58. The minimum absolute atomic E-state index is 0.0265. The van der Waals surface area contributed by atoms with Crippen LogP contribution in [0.3, 0.4) is 0 Å². The van der Waals surface area contributed by atoms with Gasteiger partial charge in [-0.3, -0.25) is 9.59 Å². The van der Waals surface area contributed by atoms with E-state index in [0.717, 1.165) is 0 Å². The normalized spacial score (nSPS) is 11.0. The van der Waals surface area contributed by atoms with Gasteiger partial charge < -0.3 is 5.32 Å². The number of ketones is 1. The molecule has 0 atom stereocenters. The summed E-state index contributed by atoms with van der Waals surface area (Å²) in [5.41, 5.74) is 0.434. The Morgan fingerprint density at radius 1 is 1.08 bits per heavy atom. The van der Waals surface area contributed by atoms with Gasteiger partial charge in [-0.05, 0) is 31.2 Å². The maximum atomic E-state index is 12.1. The lowest BCUT2D eigenvalue weighted by Crippen LogP contribution is -2.28. The second-order valence-electron chi connectivity index (χ2n) is 4.99. The third-order valence-electron chi connectivity index (χ3n) is 3.15. The highest BCUT2D eigenvalue weighted by atomic mass is 32.2. The summed E-state index contributed by atoms with van der Waals surface area (Å²) in [6.45, 7) is 1.36. The molecule has 24 heavy (non-hydrogen) atoms. The van der Waals surface area contributed by atoms with Gasteiger partial charge in [0.25, 0.3) is 0 Å². The summed E-state index contributed by atoms with van der Waals surface area (Å²) in [7, 11) is -3.73. The monoisotopic (exact) mass is 347 g/mol. The van der Waals surface area contributed by atoms with Crippen LogP contribution in [0.25, 0.3) is 0 Å². The number of benzene rings is 1. The van der Waals surface area contributed by atoms with Gasteiger partial charge in [-0.1, -0.05) is 18.2 Å². The molecule has 126 valence electrons. The molecule has 0 aliphatic heterocycles. The highest BCUT2D eigenvalue weighted by molar-refractivity contribution is 7.89. The van der Waals surface area contributed by atoms with E-state index in [1.807, 2.05) is 0 Å². The Labute approximate surface area is 140 Å². The molecular formula is C16H17N3O4S. The SMILES string of the molecule is CC(=O)c1ccc(S(=O)(=O)NCCC(=O)Nc2ccccn2)cc1. The average Bonchev–Trinajstić information content (AvgIpc) is 2.55. The molecule has 1 amide bonds. The summed E-state index contributed by atoms with van der Waals surface area (Å²) >= 11 is 0. The lowest BCUT2D eigenvalue weighted by atomic mass is 10.2. The number of hydrogen-bond donors (Lipinski definition) is 2. The summed E-state index contributed by atoms with van der Waals surface area (Å²) < 4.78 is 26.6. The number of rotatable bonds is 7. The molecule has 2 N–H and O–H groups in total. The summed E-state index contributed by atoms with van der Waals surface area (Å²) in [5, 5.41) is 2.57. The Balaban J connectivity index is 1.88. The molecule has 0 saturated carbocycles. The molecule has 7 nitrogen and oxygen atoms in total. The van der Waals surface area contributed by atoms with E-state index in [1.165, 1.54) is 31.2 Å². The van der Waals surface area contributed by atoms with Crippen molar-refractivity contribution in [1.29, 1.82) is 0 Å². The van der Waals surface area contributed by atoms with E-state index in [4.69, 9.17) is 0 Å².